The Balaban J connectivity index is 1.26. The number of benzene rings is 2. The van der Waals surface area contributed by atoms with E-state index >= 15 is 0 Å². The minimum absolute atomic E-state index is 0.126. The molecule has 7 nitrogen and oxygen atoms in total. The molecule has 0 amide bonds. The van der Waals surface area contributed by atoms with Crippen molar-refractivity contribution in [2.45, 2.75) is 38.6 Å². The minimum Gasteiger partial charge on any atom is -0.457 e. The summed E-state index contributed by atoms with van der Waals surface area (Å²) < 4.78 is 6.03. The van der Waals surface area contributed by atoms with Crippen molar-refractivity contribution < 1.29 is 4.74 Å². The fourth-order valence-corrected chi connectivity index (χ4v) is 5.45. The van der Waals surface area contributed by atoms with E-state index in [-0.39, 0.29) is 6.04 Å². The second-order valence-electron chi connectivity index (χ2n) is 9.91. The molecule has 1 saturated heterocycles. The molecule has 1 fully saturated rings. The van der Waals surface area contributed by atoms with E-state index in [0.29, 0.717) is 23.1 Å². The van der Waals surface area contributed by atoms with Gasteiger partial charge in [0, 0.05) is 54.6 Å². The molecule has 0 bridgehead atoms. The van der Waals surface area contributed by atoms with Gasteiger partial charge in [0.1, 0.15) is 23.1 Å². The minimum atomic E-state index is 0.126. The lowest BCUT2D eigenvalue weighted by Gasteiger charge is -2.39. The predicted molar refractivity (Wildman–Crippen MR) is 147 cm³/mol. The zero-order valence-corrected chi connectivity index (χ0v) is 22.0. The van der Waals surface area contributed by atoms with Gasteiger partial charge in [-0.15, -0.1) is 0 Å². The molecule has 5 rings (SSSR count). The Morgan fingerprint density at radius 1 is 1.08 bits per heavy atom. The van der Waals surface area contributed by atoms with Crippen molar-refractivity contribution in [2.24, 2.45) is 5.92 Å². The van der Waals surface area contributed by atoms with E-state index in [1.54, 1.807) is 0 Å². The maximum atomic E-state index is 8.87. The normalized spacial score (nSPS) is 18.2. The summed E-state index contributed by atoms with van der Waals surface area (Å²) in [5.74, 6) is 3.96. The molecule has 1 atom stereocenters. The van der Waals surface area contributed by atoms with Crippen LogP contribution in [0.5, 0.6) is 11.5 Å². The Labute approximate surface area is 224 Å². The summed E-state index contributed by atoms with van der Waals surface area (Å²) in [4.78, 5) is 14.3. The largest absolute Gasteiger partial charge is 0.457 e. The van der Waals surface area contributed by atoms with Gasteiger partial charge in [-0.25, -0.2) is 9.97 Å². The van der Waals surface area contributed by atoms with Crippen molar-refractivity contribution in [3.63, 3.8) is 0 Å². The molecule has 1 unspecified atom stereocenters. The standard InChI is InChI=1S/C29H33ClN6O/c1-21-32-19-27-28(34-24-6-3-8-26(18-24)37-25-7-2-5-23(30)17-25)11-16-36(29(27)33-21)20-22-9-14-35(15-10-22)13-4-12-31/h2-3,5-8,17-19,22,28,34H,4,9-11,13-16,20H2,1H3. The van der Waals surface area contributed by atoms with Crippen LogP contribution in [0, 0.1) is 24.2 Å². The zero-order chi connectivity index (χ0) is 25.6. The third-order valence-electron chi connectivity index (χ3n) is 7.21. The topological polar surface area (TPSA) is 77.3 Å². The van der Waals surface area contributed by atoms with Gasteiger partial charge in [-0.2, -0.15) is 5.26 Å². The highest BCUT2D eigenvalue weighted by Crippen LogP contribution is 2.36. The molecule has 2 aliphatic rings. The summed E-state index contributed by atoms with van der Waals surface area (Å²) in [5.41, 5.74) is 2.14. The molecule has 3 heterocycles. The molecule has 1 aromatic heterocycles. The van der Waals surface area contributed by atoms with Crippen LogP contribution in [0.25, 0.3) is 0 Å². The van der Waals surface area contributed by atoms with Crippen LogP contribution in [0.1, 0.15) is 43.1 Å². The summed E-state index contributed by atoms with van der Waals surface area (Å²) in [7, 11) is 0. The first-order chi connectivity index (χ1) is 18.1. The molecule has 2 aromatic carbocycles. The van der Waals surface area contributed by atoms with Crippen molar-refractivity contribution >= 4 is 23.1 Å². The van der Waals surface area contributed by atoms with Crippen molar-refractivity contribution in [2.75, 3.05) is 42.9 Å². The van der Waals surface area contributed by atoms with Crippen LogP contribution in [0.4, 0.5) is 11.5 Å². The fourth-order valence-electron chi connectivity index (χ4n) is 5.27. The number of aromatic nitrogens is 2. The van der Waals surface area contributed by atoms with Crippen LogP contribution in [-0.4, -0.2) is 47.6 Å². The smallest absolute Gasteiger partial charge is 0.137 e. The quantitative estimate of drug-likeness (QED) is 0.380. The van der Waals surface area contributed by atoms with Gasteiger partial charge >= 0.3 is 0 Å². The molecule has 37 heavy (non-hydrogen) atoms. The second-order valence-corrected chi connectivity index (χ2v) is 10.3. The van der Waals surface area contributed by atoms with Crippen LogP contribution in [-0.2, 0) is 0 Å². The van der Waals surface area contributed by atoms with E-state index in [1.807, 2.05) is 55.6 Å². The third kappa shape index (κ3) is 6.51. The highest BCUT2D eigenvalue weighted by Gasteiger charge is 2.30. The number of nitrogens with zero attached hydrogens (tertiary/aromatic N) is 5. The lowest BCUT2D eigenvalue weighted by atomic mass is 9.94. The number of nitrogens with one attached hydrogen (secondary N) is 1. The Kier molecular flexibility index (Phi) is 8.08. The maximum absolute atomic E-state index is 8.87. The van der Waals surface area contributed by atoms with Crippen LogP contribution in [0.3, 0.4) is 0 Å². The van der Waals surface area contributed by atoms with Crippen molar-refractivity contribution in [3.8, 4) is 17.6 Å². The molecule has 3 aromatic rings. The molecule has 0 aliphatic carbocycles. The van der Waals surface area contributed by atoms with E-state index in [4.69, 9.17) is 26.6 Å². The predicted octanol–water partition coefficient (Wildman–Crippen LogP) is 6.22. The number of piperidine rings is 1. The molecule has 2 aliphatic heterocycles. The Bertz CT molecular complexity index is 1250. The molecule has 0 spiro atoms. The summed E-state index contributed by atoms with van der Waals surface area (Å²) >= 11 is 6.11. The van der Waals surface area contributed by atoms with Gasteiger partial charge in [-0.05, 0) is 75.5 Å². The number of aryl methyl sites for hydroxylation is 1. The van der Waals surface area contributed by atoms with Crippen LogP contribution in [0.2, 0.25) is 5.02 Å². The van der Waals surface area contributed by atoms with Crippen molar-refractivity contribution in [3.05, 3.63) is 71.1 Å². The first kappa shape index (κ1) is 25.3. The van der Waals surface area contributed by atoms with Gasteiger partial charge in [0.15, 0.2) is 0 Å². The van der Waals surface area contributed by atoms with Gasteiger partial charge in [0.05, 0.1) is 12.1 Å². The maximum Gasteiger partial charge on any atom is 0.137 e. The van der Waals surface area contributed by atoms with Gasteiger partial charge in [0.25, 0.3) is 0 Å². The van der Waals surface area contributed by atoms with E-state index in [2.05, 4.69) is 32.2 Å². The lowest BCUT2D eigenvalue weighted by molar-refractivity contribution is 0.189. The van der Waals surface area contributed by atoms with E-state index < -0.39 is 0 Å². The number of anilines is 2. The molecular formula is C29H33ClN6O. The van der Waals surface area contributed by atoms with Gasteiger partial charge in [0.2, 0.25) is 0 Å². The number of hydrogen-bond acceptors (Lipinski definition) is 7. The van der Waals surface area contributed by atoms with Crippen molar-refractivity contribution in [1.82, 2.24) is 14.9 Å². The number of hydrogen-bond donors (Lipinski definition) is 1. The van der Waals surface area contributed by atoms with Gasteiger partial charge in [-0.1, -0.05) is 23.7 Å². The second kappa shape index (κ2) is 11.8. The number of fused-ring (bicyclic) bond motifs is 1. The highest BCUT2D eigenvalue weighted by atomic mass is 35.5. The number of ether oxygens (including phenoxy) is 1. The van der Waals surface area contributed by atoms with Gasteiger partial charge in [-0.3, -0.25) is 0 Å². The zero-order valence-electron chi connectivity index (χ0n) is 21.2. The van der Waals surface area contributed by atoms with Crippen LogP contribution in [0.15, 0.2) is 54.7 Å². The summed E-state index contributed by atoms with van der Waals surface area (Å²) in [6.07, 6.45) is 5.91. The number of nitriles is 1. The van der Waals surface area contributed by atoms with E-state index in [9.17, 15) is 0 Å². The molecular weight excluding hydrogens is 484 g/mol. The van der Waals surface area contributed by atoms with E-state index in [1.165, 1.54) is 12.8 Å². The van der Waals surface area contributed by atoms with Crippen LogP contribution >= 0.6 is 11.6 Å². The van der Waals surface area contributed by atoms with Gasteiger partial charge < -0.3 is 19.9 Å². The lowest BCUT2D eigenvalue weighted by Crippen LogP contribution is -2.42. The Morgan fingerprint density at radius 3 is 2.65 bits per heavy atom. The average Bonchev–Trinajstić information content (AvgIpc) is 2.90. The third-order valence-corrected chi connectivity index (χ3v) is 7.45. The molecule has 1 N–H and O–H groups in total. The van der Waals surface area contributed by atoms with E-state index in [0.717, 1.165) is 67.8 Å². The average molecular weight is 517 g/mol. The monoisotopic (exact) mass is 516 g/mol. The fraction of sp³-hybridized carbons (Fsp3) is 0.414. The number of likely N-dealkylation sites (tertiary alicyclic amines) is 1. The van der Waals surface area contributed by atoms with Crippen molar-refractivity contribution in [1.29, 1.82) is 5.26 Å². The molecule has 0 saturated carbocycles. The Hall–Kier alpha value is -3.34. The Morgan fingerprint density at radius 2 is 1.86 bits per heavy atom. The first-order valence-corrected chi connectivity index (χ1v) is 13.4. The molecule has 192 valence electrons. The SMILES string of the molecule is Cc1ncc2c(n1)N(CC1CCN(CCC#N)CC1)CCC2Nc1cccc(Oc2cccc(Cl)c2)c1. The highest BCUT2D eigenvalue weighted by molar-refractivity contribution is 6.30. The summed E-state index contributed by atoms with van der Waals surface area (Å²) in [5, 5.41) is 13.2. The molecule has 0 radical (unpaired) electrons. The number of rotatable bonds is 8. The summed E-state index contributed by atoms with van der Waals surface area (Å²) in [6, 6.07) is 17.8. The summed E-state index contributed by atoms with van der Waals surface area (Å²) in [6.45, 7) is 6.97. The molecule has 8 heteroatoms. The number of halogens is 1. The van der Waals surface area contributed by atoms with Crippen LogP contribution < -0.4 is 15.0 Å². The first-order valence-electron chi connectivity index (χ1n) is 13.0.